The van der Waals surface area contributed by atoms with Gasteiger partial charge in [0, 0.05) is 31.3 Å². The molecule has 0 saturated carbocycles. The van der Waals surface area contributed by atoms with E-state index >= 15 is 0 Å². The first-order chi connectivity index (χ1) is 7.70. The Labute approximate surface area is 94.2 Å². The summed E-state index contributed by atoms with van der Waals surface area (Å²) >= 11 is 0. The summed E-state index contributed by atoms with van der Waals surface area (Å²) in [5, 5.41) is 14.2. The predicted octanol–water partition coefficient (Wildman–Crippen LogP) is 1.17. The molecule has 1 heterocycles. The lowest BCUT2D eigenvalue weighted by molar-refractivity contribution is -0.386. The molecule has 0 spiro atoms. The molecule has 0 radical (unpaired) electrons. The summed E-state index contributed by atoms with van der Waals surface area (Å²) in [7, 11) is 2.00. The van der Waals surface area contributed by atoms with Crippen LogP contribution < -0.4 is 5.32 Å². The van der Waals surface area contributed by atoms with Gasteiger partial charge in [-0.15, -0.1) is 0 Å². The standard InChI is InChI=1S/C11H15N3O2/c1-13-7-6-12-8-11(13)9-4-2-3-5-10(9)14(15)16/h2-5,11-12H,6-8H2,1H3. The highest BCUT2D eigenvalue weighted by Crippen LogP contribution is 2.28. The Morgan fingerprint density at radius 1 is 1.50 bits per heavy atom. The maximum absolute atomic E-state index is 10.9. The predicted molar refractivity (Wildman–Crippen MR) is 61.3 cm³/mol. The molecule has 1 fully saturated rings. The first-order valence-electron chi connectivity index (χ1n) is 5.34. The van der Waals surface area contributed by atoms with Crippen molar-refractivity contribution in [3.63, 3.8) is 0 Å². The Kier molecular flexibility index (Phi) is 3.17. The second-order valence-corrected chi connectivity index (χ2v) is 4.02. The van der Waals surface area contributed by atoms with Crippen molar-refractivity contribution in [3.8, 4) is 0 Å². The van der Waals surface area contributed by atoms with Crippen LogP contribution in [0.4, 0.5) is 5.69 Å². The van der Waals surface area contributed by atoms with E-state index in [4.69, 9.17) is 0 Å². The van der Waals surface area contributed by atoms with Crippen molar-refractivity contribution in [2.45, 2.75) is 6.04 Å². The van der Waals surface area contributed by atoms with E-state index in [0.717, 1.165) is 25.2 Å². The van der Waals surface area contributed by atoms with Crippen LogP contribution in [-0.2, 0) is 0 Å². The van der Waals surface area contributed by atoms with Gasteiger partial charge in [-0.05, 0) is 7.05 Å². The quantitative estimate of drug-likeness (QED) is 0.601. The van der Waals surface area contributed by atoms with E-state index in [1.165, 1.54) is 0 Å². The van der Waals surface area contributed by atoms with Crippen molar-refractivity contribution in [3.05, 3.63) is 39.9 Å². The number of benzene rings is 1. The Bertz CT molecular complexity index is 395. The lowest BCUT2D eigenvalue weighted by Crippen LogP contribution is -2.43. The third-order valence-electron chi connectivity index (χ3n) is 3.00. The summed E-state index contributed by atoms with van der Waals surface area (Å²) in [6, 6.07) is 7.06. The van der Waals surface area contributed by atoms with Gasteiger partial charge < -0.3 is 5.32 Å². The third-order valence-corrected chi connectivity index (χ3v) is 3.00. The highest BCUT2D eigenvalue weighted by atomic mass is 16.6. The van der Waals surface area contributed by atoms with Gasteiger partial charge in [-0.2, -0.15) is 0 Å². The van der Waals surface area contributed by atoms with E-state index in [1.54, 1.807) is 12.1 Å². The maximum atomic E-state index is 10.9. The summed E-state index contributed by atoms with van der Waals surface area (Å²) in [5.41, 5.74) is 1.00. The maximum Gasteiger partial charge on any atom is 0.274 e. The average Bonchev–Trinajstić information content (AvgIpc) is 2.29. The molecular formula is C11H15N3O2. The number of nitro benzene ring substituents is 1. The van der Waals surface area contributed by atoms with E-state index in [9.17, 15) is 10.1 Å². The smallest absolute Gasteiger partial charge is 0.274 e. The van der Waals surface area contributed by atoms with E-state index in [-0.39, 0.29) is 16.7 Å². The Balaban J connectivity index is 2.34. The van der Waals surface area contributed by atoms with Gasteiger partial charge in [-0.3, -0.25) is 15.0 Å². The van der Waals surface area contributed by atoms with Crippen molar-refractivity contribution < 1.29 is 4.92 Å². The Morgan fingerprint density at radius 2 is 2.25 bits per heavy atom. The van der Waals surface area contributed by atoms with Crippen LogP contribution in [0.5, 0.6) is 0 Å². The van der Waals surface area contributed by atoms with E-state index in [1.807, 2.05) is 19.2 Å². The molecule has 1 unspecified atom stereocenters. The zero-order chi connectivity index (χ0) is 11.5. The molecule has 1 aliphatic heterocycles. The largest absolute Gasteiger partial charge is 0.314 e. The lowest BCUT2D eigenvalue weighted by Gasteiger charge is -2.32. The summed E-state index contributed by atoms with van der Waals surface area (Å²) < 4.78 is 0. The fourth-order valence-electron chi connectivity index (χ4n) is 2.09. The van der Waals surface area contributed by atoms with Crippen molar-refractivity contribution >= 4 is 5.69 Å². The fourth-order valence-corrected chi connectivity index (χ4v) is 2.09. The van der Waals surface area contributed by atoms with Crippen LogP contribution in [0.15, 0.2) is 24.3 Å². The first-order valence-corrected chi connectivity index (χ1v) is 5.34. The van der Waals surface area contributed by atoms with Crippen LogP contribution in [0.2, 0.25) is 0 Å². The normalized spacial score (nSPS) is 21.9. The number of rotatable bonds is 2. The van der Waals surface area contributed by atoms with Gasteiger partial charge in [0.15, 0.2) is 0 Å². The molecule has 86 valence electrons. The molecule has 1 saturated heterocycles. The number of para-hydroxylation sites is 1. The molecule has 1 aromatic rings. The molecule has 16 heavy (non-hydrogen) atoms. The summed E-state index contributed by atoms with van der Waals surface area (Å²) in [6.07, 6.45) is 0. The molecular weight excluding hydrogens is 206 g/mol. The summed E-state index contributed by atoms with van der Waals surface area (Å²) in [5.74, 6) is 0. The van der Waals surface area contributed by atoms with Crippen molar-refractivity contribution in [1.29, 1.82) is 0 Å². The molecule has 1 aliphatic rings. The van der Waals surface area contributed by atoms with Crippen LogP contribution in [-0.4, -0.2) is 36.5 Å². The molecule has 1 N–H and O–H groups in total. The molecule has 0 aromatic heterocycles. The summed E-state index contributed by atoms with van der Waals surface area (Å²) in [6.45, 7) is 2.62. The SMILES string of the molecule is CN1CCNCC1c1ccccc1[N+](=O)[O-]. The van der Waals surface area contributed by atoms with Crippen LogP contribution >= 0.6 is 0 Å². The minimum absolute atomic E-state index is 0.0929. The van der Waals surface area contributed by atoms with Crippen molar-refractivity contribution in [2.24, 2.45) is 0 Å². The zero-order valence-corrected chi connectivity index (χ0v) is 9.22. The van der Waals surface area contributed by atoms with Crippen LogP contribution in [0, 0.1) is 10.1 Å². The molecule has 0 bridgehead atoms. The van der Waals surface area contributed by atoms with Gasteiger partial charge in [0.2, 0.25) is 0 Å². The number of piperazine rings is 1. The second kappa shape index (κ2) is 4.59. The number of nitro groups is 1. The Morgan fingerprint density at radius 3 is 2.94 bits per heavy atom. The topological polar surface area (TPSA) is 58.4 Å². The minimum Gasteiger partial charge on any atom is -0.314 e. The molecule has 0 amide bonds. The van der Waals surface area contributed by atoms with E-state index in [2.05, 4.69) is 10.2 Å². The lowest BCUT2D eigenvalue weighted by atomic mass is 10.0. The number of hydrogen-bond donors (Lipinski definition) is 1. The van der Waals surface area contributed by atoms with E-state index < -0.39 is 0 Å². The molecule has 5 heteroatoms. The second-order valence-electron chi connectivity index (χ2n) is 4.02. The van der Waals surface area contributed by atoms with Gasteiger partial charge >= 0.3 is 0 Å². The highest BCUT2D eigenvalue weighted by molar-refractivity contribution is 5.42. The number of nitrogens with one attached hydrogen (secondary N) is 1. The zero-order valence-electron chi connectivity index (χ0n) is 9.22. The van der Waals surface area contributed by atoms with Crippen LogP contribution in [0.3, 0.4) is 0 Å². The minimum atomic E-state index is -0.308. The molecule has 1 aromatic carbocycles. The van der Waals surface area contributed by atoms with E-state index in [0.29, 0.717) is 0 Å². The van der Waals surface area contributed by atoms with Crippen molar-refractivity contribution in [2.75, 3.05) is 26.7 Å². The molecule has 1 atom stereocenters. The van der Waals surface area contributed by atoms with Gasteiger partial charge in [-0.25, -0.2) is 0 Å². The number of likely N-dealkylation sites (N-methyl/N-ethyl adjacent to an activating group) is 1. The van der Waals surface area contributed by atoms with Crippen molar-refractivity contribution in [1.82, 2.24) is 10.2 Å². The molecule has 5 nitrogen and oxygen atoms in total. The first kappa shape index (κ1) is 11.0. The monoisotopic (exact) mass is 221 g/mol. The van der Waals surface area contributed by atoms with Gasteiger partial charge in [0.1, 0.15) is 0 Å². The highest BCUT2D eigenvalue weighted by Gasteiger charge is 2.26. The van der Waals surface area contributed by atoms with Gasteiger partial charge in [0.05, 0.1) is 11.0 Å². The molecule has 0 aliphatic carbocycles. The molecule has 2 rings (SSSR count). The average molecular weight is 221 g/mol. The number of nitrogens with zero attached hydrogens (tertiary/aromatic N) is 2. The Hall–Kier alpha value is -1.46. The number of hydrogen-bond acceptors (Lipinski definition) is 4. The fraction of sp³-hybridized carbons (Fsp3) is 0.455. The summed E-state index contributed by atoms with van der Waals surface area (Å²) in [4.78, 5) is 12.8. The van der Waals surface area contributed by atoms with Crippen LogP contribution in [0.25, 0.3) is 0 Å². The third kappa shape index (κ3) is 2.05. The van der Waals surface area contributed by atoms with Gasteiger partial charge in [0.25, 0.3) is 5.69 Å². The van der Waals surface area contributed by atoms with Gasteiger partial charge in [-0.1, -0.05) is 18.2 Å². The van der Waals surface area contributed by atoms with Crippen LogP contribution in [0.1, 0.15) is 11.6 Å².